The Morgan fingerprint density at radius 3 is 2.14 bits per heavy atom. The summed E-state index contributed by atoms with van der Waals surface area (Å²) in [6, 6.07) is 23.7. The standard InChI is InChI=1S/C35H28N2O6/c36-34(43)37-32(41)24-16-15-23-26(29(24)33(37)42)17-27-31(40)25(19-7-3-1-4-8-19)18-28(39)35(27,21-9-5-2-6-10-21)30(23)20-11-13-22(38)14-12-20/h1-15,18,24,26-27,29-30,38H,16-17H2,(H2,36,43)/t24-,26+,27-,29-,30-,35-/m0/s1. The highest BCUT2D eigenvalue weighted by Gasteiger charge is 2.66. The van der Waals surface area contributed by atoms with Crippen LogP contribution in [0.3, 0.4) is 0 Å². The third-order valence-electron chi connectivity index (χ3n) is 9.82. The molecule has 1 saturated heterocycles. The molecule has 3 aromatic carbocycles. The zero-order valence-corrected chi connectivity index (χ0v) is 23.1. The zero-order valence-electron chi connectivity index (χ0n) is 23.1. The molecule has 214 valence electrons. The minimum atomic E-state index is -1.35. The molecule has 0 unspecified atom stereocenters. The van der Waals surface area contributed by atoms with Crippen LogP contribution in [-0.2, 0) is 24.6 Å². The number of ketones is 2. The van der Waals surface area contributed by atoms with Crippen LogP contribution in [0.25, 0.3) is 5.57 Å². The van der Waals surface area contributed by atoms with Gasteiger partial charge in [0.1, 0.15) is 5.75 Å². The number of urea groups is 1. The molecule has 8 nitrogen and oxygen atoms in total. The summed E-state index contributed by atoms with van der Waals surface area (Å²) in [4.78, 5) is 69.0. The molecule has 3 aliphatic carbocycles. The minimum absolute atomic E-state index is 0.0464. The summed E-state index contributed by atoms with van der Waals surface area (Å²) in [6.07, 6.45) is 3.70. The van der Waals surface area contributed by atoms with Gasteiger partial charge < -0.3 is 10.8 Å². The Labute approximate surface area is 247 Å². The van der Waals surface area contributed by atoms with Crippen LogP contribution in [0.5, 0.6) is 5.75 Å². The van der Waals surface area contributed by atoms with Crippen molar-refractivity contribution in [1.82, 2.24) is 4.90 Å². The molecule has 8 heteroatoms. The Morgan fingerprint density at radius 2 is 1.49 bits per heavy atom. The molecule has 2 fully saturated rings. The van der Waals surface area contributed by atoms with Crippen molar-refractivity contribution in [1.29, 1.82) is 0 Å². The van der Waals surface area contributed by atoms with Gasteiger partial charge in [-0.2, -0.15) is 4.90 Å². The first-order valence-corrected chi connectivity index (χ1v) is 14.3. The molecule has 3 aromatic rings. The van der Waals surface area contributed by atoms with Gasteiger partial charge in [-0.15, -0.1) is 0 Å². The lowest BCUT2D eigenvalue weighted by molar-refractivity contribution is -0.137. The lowest BCUT2D eigenvalue weighted by Gasteiger charge is -2.55. The first kappa shape index (κ1) is 26.8. The van der Waals surface area contributed by atoms with E-state index in [-0.39, 0.29) is 30.2 Å². The van der Waals surface area contributed by atoms with Gasteiger partial charge in [0, 0.05) is 17.4 Å². The molecule has 1 aliphatic heterocycles. The number of rotatable bonds is 3. The number of hydrogen-bond donors (Lipinski definition) is 2. The molecule has 3 N–H and O–H groups in total. The Morgan fingerprint density at radius 1 is 0.837 bits per heavy atom. The number of likely N-dealkylation sites (tertiary alicyclic amines) is 1. The molecule has 7 rings (SSSR count). The number of carbonyl (C=O) groups excluding carboxylic acids is 5. The Kier molecular flexibility index (Phi) is 6.06. The van der Waals surface area contributed by atoms with Crippen molar-refractivity contribution in [2.24, 2.45) is 29.4 Å². The first-order chi connectivity index (χ1) is 20.7. The van der Waals surface area contributed by atoms with E-state index in [0.29, 0.717) is 27.2 Å². The molecule has 4 aliphatic rings. The number of aromatic hydroxyl groups is 1. The van der Waals surface area contributed by atoms with Crippen LogP contribution >= 0.6 is 0 Å². The maximum absolute atomic E-state index is 14.8. The lowest BCUT2D eigenvalue weighted by atomic mass is 9.44. The maximum Gasteiger partial charge on any atom is 0.328 e. The second kappa shape index (κ2) is 9.73. The van der Waals surface area contributed by atoms with Crippen LogP contribution in [0.2, 0.25) is 0 Å². The normalized spacial score (nSPS) is 29.8. The van der Waals surface area contributed by atoms with Crippen molar-refractivity contribution in [3.8, 4) is 5.75 Å². The molecule has 0 bridgehead atoms. The van der Waals surface area contributed by atoms with Crippen molar-refractivity contribution in [2.75, 3.05) is 0 Å². The van der Waals surface area contributed by atoms with Crippen LogP contribution in [0.15, 0.2) is 103 Å². The van der Waals surface area contributed by atoms with Crippen molar-refractivity contribution >= 4 is 35.0 Å². The quantitative estimate of drug-likeness (QED) is 0.355. The molecule has 1 saturated carbocycles. The third kappa shape index (κ3) is 3.72. The molecule has 6 atom stereocenters. The fraction of sp³-hybridized carbons (Fsp3) is 0.229. The number of phenols is 1. The predicted octanol–water partition coefficient (Wildman–Crippen LogP) is 4.30. The number of hydrogen-bond acceptors (Lipinski definition) is 6. The van der Waals surface area contributed by atoms with Gasteiger partial charge in [-0.1, -0.05) is 84.4 Å². The summed E-state index contributed by atoms with van der Waals surface area (Å²) >= 11 is 0. The van der Waals surface area contributed by atoms with Gasteiger partial charge in [-0.3, -0.25) is 19.2 Å². The van der Waals surface area contributed by atoms with Crippen molar-refractivity contribution in [3.63, 3.8) is 0 Å². The number of imide groups is 3. The summed E-state index contributed by atoms with van der Waals surface area (Å²) in [6.45, 7) is 0. The Hall–Kier alpha value is -5.11. The molecule has 0 spiro atoms. The van der Waals surface area contributed by atoms with Gasteiger partial charge in [0.2, 0.25) is 11.8 Å². The number of allylic oxidation sites excluding steroid dienone is 4. The van der Waals surface area contributed by atoms with Crippen LogP contribution in [-0.4, -0.2) is 39.4 Å². The molecule has 1 heterocycles. The van der Waals surface area contributed by atoms with Crippen LogP contribution in [0.4, 0.5) is 4.79 Å². The van der Waals surface area contributed by atoms with E-state index in [1.807, 2.05) is 42.5 Å². The van der Waals surface area contributed by atoms with E-state index < -0.39 is 52.8 Å². The highest BCUT2D eigenvalue weighted by Crippen LogP contribution is 2.63. The van der Waals surface area contributed by atoms with Crippen LogP contribution < -0.4 is 5.73 Å². The van der Waals surface area contributed by atoms with Crippen LogP contribution in [0.1, 0.15) is 35.4 Å². The highest BCUT2D eigenvalue weighted by molar-refractivity contribution is 6.31. The lowest BCUT2D eigenvalue weighted by Crippen LogP contribution is -2.58. The van der Waals surface area contributed by atoms with E-state index in [1.54, 1.807) is 36.4 Å². The zero-order chi connectivity index (χ0) is 30.0. The van der Waals surface area contributed by atoms with Gasteiger partial charge >= 0.3 is 6.03 Å². The summed E-state index contributed by atoms with van der Waals surface area (Å²) in [7, 11) is 0. The number of nitrogens with two attached hydrogens (primary N) is 1. The summed E-state index contributed by atoms with van der Waals surface area (Å²) in [5, 5.41) is 10.1. The molecule has 0 aromatic heterocycles. The average molecular weight is 573 g/mol. The number of Topliss-reactive ketones (excluding diaryl/α,β-unsaturated/α-hetero) is 1. The number of fused-ring (bicyclic) bond motifs is 4. The summed E-state index contributed by atoms with van der Waals surface area (Å²) in [5.41, 5.74) is 7.18. The largest absolute Gasteiger partial charge is 0.508 e. The number of primary amides is 1. The number of benzene rings is 3. The second-order valence-electron chi connectivity index (χ2n) is 11.7. The third-order valence-corrected chi connectivity index (χ3v) is 9.82. The monoisotopic (exact) mass is 572 g/mol. The topological polar surface area (TPSA) is 135 Å². The van der Waals surface area contributed by atoms with Gasteiger partial charge in [0.05, 0.1) is 17.3 Å². The van der Waals surface area contributed by atoms with Crippen molar-refractivity contribution in [3.05, 3.63) is 119 Å². The van der Waals surface area contributed by atoms with Crippen LogP contribution in [0, 0.1) is 23.7 Å². The Balaban J connectivity index is 1.50. The van der Waals surface area contributed by atoms with E-state index in [2.05, 4.69) is 0 Å². The minimum Gasteiger partial charge on any atom is -0.508 e. The van der Waals surface area contributed by atoms with Crippen molar-refractivity contribution in [2.45, 2.75) is 24.2 Å². The second-order valence-corrected chi connectivity index (χ2v) is 11.7. The Bertz CT molecular complexity index is 1760. The molecular formula is C35H28N2O6. The summed E-state index contributed by atoms with van der Waals surface area (Å²) in [5.74, 6) is -5.52. The predicted molar refractivity (Wildman–Crippen MR) is 156 cm³/mol. The van der Waals surface area contributed by atoms with Gasteiger partial charge in [-0.05, 0) is 53.7 Å². The molecular weight excluding hydrogens is 544 g/mol. The van der Waals surface area contributed by atoms with E-state index in [9.17, 15) is 29.1 Å². The van der Waals surface area contributed by atoms with Gasteiger partial charge in [0.15, 0.2) is 11.6 Å². The van der Waals surface area contributed by atoms with E-state index in [1.165, 1.54) is 18.2 Å². The smallest absolute Gasteiger partial charge is 0.328 e. The number of nitrogens with zero attached hydrogens (tertiary/aromatic N) is 1. The molecule has 43 heavy (non-hydrogen) atoms. The van der Waals surface area contributed by atoms with E-state index in [0.717, 1.165) is 5.57 Å². The van der Waals surface area contributed by atoms with E-state index in [4.69, 9.17) is 5.73 Å². The number of carbonyl (C=O) groups is 5. The van der Waals surface area contributed by atoms with Gasteiger partial charge in [0.25, 0.3) is 0 Å². The number of amides is 4. The van der Waals surface area contributed by atoms with E-state index >= 15 is 0 Å². The van der Waals surface area contributed by atoms with Crippen molar-refractivity contribution < 1.29 is 29.1 Å². The first-order valence-electron chi connectivity index (χ1n) is 14.3. The SMILES string of the molecule is NC(=O)N1C(=O)[C@H]2[C@H](CC=C3[C@H]2C[C@H]2C(=O)C(c4ccccc4)=CC(=O)[C@@]2(c2ccccc2)[C@H]3c2ccc(O)cc2)C1=O. The molecule has 0 radical (unpaired) electrons. The average Bonchev–Trinajstić information content (AvgIpc) is 3.28. The number of phenolic OH excluding ortho intramolecular Hbond substituents is 1. The fourth-order valence-electron chi connectivity index (χ4n) is 8.13. The maximum atomic E-state index is 14.8. The molecule has 4 amide bonds. The highest BCUT2D eigenvalue weighted by atomic mass is 16.3. The fourth-order valence-corrected chi connectivity index (χ4v) is 8.13. The summed E-state index contributed by atoms with van der Waals surface area (Å²) < 4.78 is 0. The van der Waals surface area contributed by atoms with Gasteiger partial charge in [-0.25, -0.2) is 4.79 Å².